The molecule has 2 N–H and O–H groups in total. The van der Waals surface area contributed by atoms with Crippen molar-refractivity contribution in [3.8, 4) is 5.75 Å². The topological polar surface area (TPSA) is 55.6 Å². The number of rotatable bonds is 6. The molecule has 5 heteroatoms. The summed E-state index contributed by atoms with van der Waals surface area (Å²) in [4.78, 5) is 13.7. The van der Waals surface area contributed by atoms with Crippen molar-refractivity contribution in [3.05, 3.63) is 30.1 Å². The molecule has 1 amide bonds. The van der Waals surface area contributed by atoms with E-state index in [1.807, 2.05) is 0 Å². The first-order valence-electron chi connectivity index (χ1n) is 7.40. The molecule has 0 unspecified atom stereocenters. The van der Waals surface area contributed by atoms with Gasteiger partial charge in [-0.15, -0.1) is 0 Å². The molecule has 4 nitrogen and oxygen atoms in total. The van der Waals surface area contributed by atoms with Crippen LogP contribution >= 0.6 is 0 Å². The van der Waals surface area contributed by atoms with Gasteiger partial charge < -0.3 is 15.4 Å². The average Bonchev–Trinajstić information content (AvgIpc) is 2.87. The standard InChI is InChI=1S/C16H23FN2O2/c1-19(15(20)12-16(18)8-4-5-9-16)10-11-21-14-7-3-2-6-13(14)17/h2-3,6-7H,4-5,8-12,18H2,1H3. The molecule has 1 aliphatic carbocycles. The summed E-state index contributed by atoms with van der Waals surface area (Å²) >= 11 is 0. The van der Waals surface area contributed by atoms with E-state index in [4.69, 9.17) is 10.5 Å². The summed E-state index contributed by atoms with van der Waals surface area (Å²) in [6.45, 7) is 0.685. The quantitative estimate of drug-likeness (QED) is 0.876. The van der Waals surface area contributed by atoms with Crippen LogP contribution in [0.15, 0.2) is 24.3 Å². The molecule has 1 aromatic rings. The van der Waals surface area contributed by atoms with Gasteiger partial charge in [0.05, 0.1) is 6.54 Å². The van der Waals surface area contributed by atoms with Gasteiger partial charge in [0.2, 0.25) is 5.91 Å². The molecule has 0 heterocycles. The molecule has 0 radical (unpaired) electrons. The van der Waals surface area contributed by atoms with E-state index in [2.05, 4.69) is 0 Å². The number of likely N-dealkylation sites (N-methyl/N-ethyl adjacent to an activating group) is 1. The van der Waals surface area contributed by atoms with E-state index in [1.165, 1.54) is 6.07 Å². The Hall–Kier alpha value is -1.62. The van der Waals surface area contributed by atoms with Crippen molar-refractivity contribution in [3.63, 3.8) is 0 Å². The van der Waals surface area contributed by atoms with Crippen molar-refractivity contribution >= 4 is 5.91 Å². The lowest BCUT2D eigenvalue weighted by atomic mass is 9.94. The largest absolute Gasteiger partial charge is 0.489 e. The summed E-state index contributed by atoms with van der Waals surface area (Å²) in [7, 11) is 1.73. The Morgan fingerprint density at radius 1 is 1.38 bits per heavy atom. The number of halogens is 1. The first-order chi connectivity index (χ1) is 10.0. The number of nitrogens with two attached hydrogens (primary N) is 1. The molecule has 0 aromatic heterocycles. The molecule has 1 aliphatic rings. The Morgan fingerprint density at radius 3 is 2.71 bits per heavy atom. The normalized spacial score (nSPS) is 16.7. The second-order valence-corrected chi connectivity index (χ2v) is 5.84. The minimum absolute atomic E-state index is 0.0246. The molecule has 0 atom stereocenters. The summed E-state index contributed by atoms with van der Waals surface area (Å²) in [6.07, 6.45) is 4.41. The molecule has 1 saturated carbocycles. The van der Waals surface area contributed by atoms with Gasteiger partial charge in [0, 0.05) is 19.0 Å². The lowest BCUT2D eigenvalue weighted by molar-refractivity contribution is -0.131. The summed E-state index contributed by atoms with van der Waals surface area (Å²) in [5.41, 5.74) is 5.87. The van der Waals surface area contributed by atoms with Crippen LogP contribution < -0.4 is 10.5 Å². The first-order valence-corrected chi connectivity index (χ1v) is 7.40. The third-order valence-electron chi connectivity index (χ3n) is 4.05. The van der Waals surface area contributed by atoms with Gasteiger partial charge in [0.15, 0.2) is 11.6 Å². The Kier molecular flexibility index (Phi) is 5.17. The van der Waals surface area contributed by atoms with Crippen molar-refractivity contribution in [2.45, 2.75) is 37.6 Å². The van der Waals surface area contributed by atoms with Gasteiger partial charge in [-0.1, -0.05) is 25.0 Å². The Labute approximate surface area is 125 Å². The van der Waals surface area contributed by atoms with Crippen molar-refractivity contribution in [2.75, 3.05) is 20.2 Å². The lowest BCUT2D eigenvalue weighted by Gasteiger charge is -2.26. The number of hydrogen-bond donors (Lipinski definition) is 1. The van der Waals surface area contributed by atoms with Crippen LogP contribution in [0.5, 0.6) is 5.75 Å². The summed E-state index contributed by atoms with van der Waals surface area (Å²) in [6, 6.07) is 6.25. The van der Waals surface area contributed by atoms with E-state index in [9.17, 15) is 9.18 Å². The van der Waals surface area contributed by atoms with E-state index in [-0.39, 0.29) is 23.8 Å². The molecule has 0 saturated heterocycles. The zero-order valence-electron chi connectivity index (χ0n) is 12.5. The van der Waals surface area contributed by atoms with Crippen LogP contribution in [0.4, 0.5) is 4.39 Å². The minimum Gasteiger partial charge on any atom is -0.489 e. The fourth-order valence-corrected chi connectivity index (χ4v) is 2.67. The second kappa shape index (κ2) is 6.89. The van der Waals surface area contributed by atoms with E-state index in [1.54, 1.807) is 30.1 Å². The van der Waals surface area contributed by atoms with Crippen LogP contribution in [-0.4, -0.2) is 36.5 Å². The maximum Gasteiger partial charge on any atom is 0.224 e. The average molecular weight is 294 g/mol. The summed E-state index contributed by atoms with van der Waals surface area (Å²) < 4.78 is 18.7. The summed E-state index contributed by atoms with van der Waals surface area (Å²) in [5, 5.41) is 0. The second-order valence-electron chi connectivity index (χ2n) is 5.84. The van der Waals surface area contributed by atoms with Crippen LogP contribution in [0.25, 0.3) is 0 Å². The fourth-order valence-electron chi connectivity index (χ4n) is 2.67. The van der Waals surface area contributed by atoms with Crippen LogP contribution in [-0.2, 0) is 4.79 Å². The highest BCUT2D eigenvalue weighted by Crippen LogP contribution is 2.30. The van der Waals surface area contributed by atoms with Gasteiger partial charge in [0.25, 0.3) is 0 Å². The Bertz CT molecular complexity index is 487. The van der Waals surface area contributed by atoms with Crippen molar-refractivity contribution in [2.24, 2.45) is 5.73 Å². The molecule has 2 rings (SSSR count). The van der Waals surface area contributed by atoms with Crippen molar-refractivity contribution in [1.82, 2.24) is 4.90 Å². The van der Waals surface area contributed by atoms with Gasteiger partial charge in [-0.05, 0) is 25.0 Å². The van der Waals surface area contributed by atoms with Crippen LogP contribution in [0.3, 0.4) is 0 Å². The highest BCUT2D eigenvalue weighted by atomic mass is 19.1. The maximum atomic E-state index is 13.4. The number of nitrogens with zero attached hydrogens (tertiary/aromatic N) is 1. The molecule has 0 aliphatic heterocycles. The zero-order chi connectivity index (χ0) is 15.3. The van der Waals surface area contributed by atoms with Gasteiger partial charge in [-0.2, -0.15) is 0 Å². The smallest absolute Gasteiger partial charge is 0.224 e. The first kappa shape index (κ1) is 15.8. The lowest BCUT2D eigenvalue weighted by Crippen LogP contribution is -2.43. The molecular weight excluding hydrogens is 271 g/mol. The Morgan fingerprint density at radius 2 is 2.05 bits per heavy atom. The number of amides is 1. The highest BCUT2D eigenvalue weighted by molar-refractivity contribution is 5.77. The number of hydrogen-bond acceptors (Lipinski definition) is 3. The predicted octanol–water partition coefficient (Wildman–Crippen LogP) is 2.32. The number of carbonyl (C=O) groups excluding carboxylic acids is 1. The van der Waals surface area contributed by atoms with Gasteiger partial charge in [-0.3, -0.25) is 4.79 Å². The SMILES string of the molecule is CN(CCOc1ccccc1F)C(=O)CC1(N)CCCC1. The van der Waals surface area contributed by atoms with E-state index >= 15 is 0 Å². The van der Waals surface area contributed by atoms with E-state index < -0.39 is 5.82 Å². The third kappa shape index (κ3) is 4.43. The zero-order valence-corrected chi connectivity index (χ0v) is 12.5. The molecule has 116 valence electrons. The van der Waals surface area contributed by atoms with Gasteiger partial charge in [0.1, 0.15) is 6.61 Å². The fraction of sp³-hybridized carbons (Fsp3) is 0.562. The third-order valence-corrected chi connectivity index (χ3v) is 4.05. The molecular formula is C16H23FN2O2. The summed E-state index contributed by atoms with van der Waals surface area (Å²) in [5.74, 6) is -0.153. The van der Waals surface area contributed by atoms with Gasteiger partial charge >= 0.3 is 0 Å². The van der Waals surface area contributed by atoms with Crippen molar-refractivity contribution < 1.29 is 13.9 Å². The molecule has 1 aromatic carbocycles. The Balaban J connectivity index is 1.75. The number of carbonyl (C=O) groups is 1. The molecule has 0 bridgehead atoms. The molecule has 0 spiro atoms. The van der Waals surface area contributed by atoms with Crippen LogP contribution in [0, 0.1) is 5.82 Å². The molecule has 21 heavy (non-hydrogen) atoms. The van der Waals surface area contributed by atoms with E-state index in [0.717, 1.165) is 25.7 Å². The van der Waals surface area contributed by atoms with Crippen LogP contribution in [0.1, 0.15) is 32.1 Å². The van der Waals surface area contributed by atoms with Crippen LogP contribution in [0.2, 0.25) is 0 Å². The van der Waals surface area contributed by atoms with Gasteiger partial charge in [-0.25, -0.2) is 4.39 Å². The van der Waals surface area contributed by atoms with E-state index in [0.29, 0.717) is 13.0 Å². The monoisotopic (exact) mass is 294 g/mol. The van der Waals surface area contributed by atoms with Crippen molar-refractivity contribution in [1.29, 1.82) is 0 Å². The maximum absolute atomic E-state index is 13.4. The highest BCUT2D eigenvalue weighted by Gasteiger charge is 2.32. The molecule has 1 fully saturated rings. The predicted molar refractivity (Wildman–Crippen MR) is 79.5 cm³/mol. The number of para-hydroxylation sites is 1. The minimum atomic E-state index is -0.390. The number of benzene rings is 1. The number of ether oxygens (including phenoxy) is 1.